The van der Waals surface area contributed by atoms with Gasteiger partial charge in [-0.2, -0.15) is 4.98 Å². The standard InChI is InChI=1S/C19H19N5O2S/c1-5-8-24-15-7-6-13(9-14(15)21-11(3)19(24)25)17-22-18(26-23-17)16-10(2)20-12(4)27-16/h6-7,9H,5,8H2,1-4H3. The summed E-state index contributed by atoms with van der Waals surface area (Å²) in [4.78, 5) is 26.7. The minimum atomic E-state index is -0.0463. The molecule has 138 valence electrons. The van der Waals surface area contributed by atoms with Crippen LogP contribution in [0, 0.1) is 20.8 Å². The molecule has 3 aromatic heterocycles. The van der Waals surface area contributed by atoms with E-state index in [4.69, 9.17) is 4.52 Å². The lowest BCUT2D eigenvalue weighted by atomic mass is 10.1. The van der Waals surface area contributed by atoms with E-state index in [1.807, 2.05) is 39.0 Å². The third kappa shape index (κ3) is 3.06. The Morgan fingerprint density at radius 2 is 1.93 bits per heavy atom. The molecule has 3 heterocycles. The molecule has 0 spiro atoms. The van der Waals surface area contributed by atoms with Gasteiger partial charge in [-0.25, -0.2) is 9.97 Å². The molecule has 0 aliphatic carbocycles. The molecule has 0 unspecified atom stereocenters. The maximum atomic E-state index is 12.4. The average Bonchev–Trinajstić information content (AvgIpc) is 3.24. The highest BCUT2D eigenvalue weighted by molar-refractivity contribution is 7.15. The van der Waals surface area contributed by atoms with E-state index in [9.17, 15) is 4.79 Å². The number of aromatic nitrogens is 5. The van der Waals surface area contributed by atoms with Gasteiger partial charge in [-0.3, -0.25) is 4.79 Å². The third-order valence-electron chi connectivity index (χ3n) is 4.34. The van der Waals surface area contributed by atoms with Crippen LogP contribution in [-0.4, -0.2) is 24.7 Å². The first-order chi connectivity index (χ1) is 13.0. The zero-order valence-corrected chi connectivity index (χ0v) is 16.4. The van der Waals surface area contributed by atoms with Crippen LogP contribution in [0.15, 0.2) is 27.5 Å². The maximum absolute atomic E-state index is 12.4. The molecule has 0 saturated carbocycles. The molecule has 4 aromatic rings. The van der Waals surface area contributed by atoms with Gasteiger partial charge < -0.3 is 9.09 Å². The predicted molar refractivity (Wildman–Crippen MR) is 105 cm³/mol. The van der Waals surface area contributed by atoms with Crippen molar-refractivity contribution in [2.75, 3.05) is 0 Å². The van der Waals surface area contributed by atoms with Crippen LogP contribution in [0.2, 0.25) is 0 Å². The van der Waals surface area contributed by atoms with E-state index in [0.29, 0.717) is 24.0 Å². The smallest absolute Gasteiger partial charge is 0.272 e. The van der Waals surface area contributed by atoms with Gasteiger partial charge in [0.05, 0.1) is 21.7 Å². The molecule has 0 radical (unpaired) electrons. The van der Waals surface area contributed by atoms with Crippen LogP contribution in [0.3, 0.4) is 0 Å². The second kappa shape index (κ2) is 6.70. The summed E-state index contributed by atoms with van der Waals surface area (Å²) >= 11 is 1.53. The van der Waals surface area contributed by atoms with Gasteiger partial charge in [0, 0.05) is 12.1 Å². The number of hydrogen-bond donors (Lipinski definition) is 0. The van der Waals surface area contributed by atoms with E-state index < -0.39 is 0 Å². The SMILES string of the molecule is CCCn1c(=O)c(C)nc2cc(-c3noc(-c4sc(C)nc4C)n3)ccc21. The second-order valence-corrected chi connectivity index (χ2v) is 7.63. The molecular formula is C19H19N5O2S. The Hall–Kier alpha value is -2.87. The third-order valence-corrected chi connectivity index (χ3v) is 5.40. The van der Waals surface area contributed by atoms with Gasteiger partial charge in [0.15, 0.2) is 0 Å². The quantitative estimate of drug-likeness (QED) is 0.533. The fraction of sp³-hybridized carbons (Fsp3) is 0.316. The lowest BCUT2D eigenvalue weighted by molar-refractivity contribution is 0.433. The minimum Gasteiger partial charge on any atom is -0.333 e. The van der Waals surface area contributed by atoms with Gasteiger partial charge in [0.1, 0.15) is 10.6 Å². The topological polar surface area (TPSA) is 86.7 Å². The van der Waals surface area contributed by atoms with Crippen molar-refractivity contribution in [3.8, 4) is 22.2 Å². The zero-order chi connectivity index (χ0) is 19.1. The molecule has 0 aliphatic rings. The Kier molecular flexibility index (Phi) is 4.35. The molecule has 8 heteroatoms. The number of rotatable bonds is 4. The fourth-order valence-electron chi connectivity index (χ4n) is 3.12. The number of fused-ring (bicyclic) bond motifs is 1. The number of thiazole rings is 1. The van der Waals surface area contributed by atoms with Crippen molar-refractivity contribution >= 4 is 22.4 Å². The summed E-state index contributed by atoms with van der Waals surface area (Å²) in [6.07, 6.45) is 0.877. The first kappa shape index (κ1) is 17.5. The van der Waals surface area contributed by atoms with Gasteiger partial charge >= 0.3 is 0 Å². The summed E-state index contributed by atoms with van der Waals surface area (Å²) in [5.41, 5.74) is 3.67. The van der Waals surface area contributed by atoms with Crippen molar-refractivity contribution in [1.29, 1.82) is 0 Å². The molecule has 7 nitrogen and oxygen atoms in total. The van der Waals surface area contributed by atoms with Crippen LogP contribution in [0.4, 0.5) is 0 Å². The average molecular weight is 381 g/mol. The predicted octanol–water partition coefficient (Wildman–Crippen LogP) is 3.91. The molecule has 0 atom stereocenters. The highest BCUT2D eigenvalue weighted by atomic mass is 32.1. The summed E-state index contributed by atoms with van der Waals surface area (Å²) in [5.74, 6) is 0.957. The molecule has 0 bridgehead atoms. The summed E-state index contributed by atoms with van der Waals surface area (Å²) in [5, 5.41) is 5.07. The Morgan fingerprint density at radius 1 is 1.11 bits per heavy atom. The Bertz CT molecular complexity index is 1200. The van der Waals surface area contributed by atoms with Crippen molar-refractivity contribution in [1.82, 2.24) is 24.7 Å². The van der Waals surface area contributed by atoms with Crippen molar-refractivity contribution in [2.45, 2.75) is 40.7 Å². The second-order valence-electron chi connectivity index (χ2n) is 6.43. The van der Waals surface area contributed by atoms with E-state index in [2.05, 4.69) is 20.1 Å². The maximum Gasteiger partial charge on any atom is 0.272 e. The first-order valence-corrected chi connectivity index (χ1v) is 9.59. The van der Waals surface area contributed by atoms with E-state index in [1.54, 1.807) is 11.5 Å². The molecule has 4 rings (SSSR count). The van der Waals surface area contributed by atoms with E-state index in [0.717, 1.165) is 38.6 Å². The molecule has 0 fully saturated rings. The fourth-order valence-corrected chi connectivity index (χ4v) is 3.96. The van der Waals surface area contributed by atoms with Crippen molar-refractivity contribution in [3.05, 3.63) is 44.9 Å². The Balaban J connectivity index is 1.80. The molecular weight excluding hydrogens is 362 g/mol. The van der Waals surface area contributed by atoms with Crippen molar-refractivity contribution in [3.63, 3.8) is 0 Å². The van der Waals surface area contributed by atoms with Gasteiger partial charge in [0.2, 0.25) is 5.82 Å². The zero-order valence-electron chi connectivity index (χ0n) is 15.6. The van der Waals surface area contributed by atoms with E-state index in [-0.39, 0.29) is 5.56 Å². The van der Waals surface area contributed by atoms with Gasteiger partial charge in [-0.15, -0.1) is 11.3 Å². The van der Waals surface area contributed by atoms with Crippen LogP contribution in [0.25, 0.3) is 33.2 Å². The minimum absolute atomic E-state index is 0.0463. The summed E-state index contributed by atoms with van der Waals surface area (Å²) in [6.45, 7) is 8.33. The first-order valence-electron chi connectivity index (χ1n) is 8.77. The molecule has 0 saturated heterocycles. The van der Waals surface area contributed by atoms with Gasteiger partial charge in [-0.05, 0) is 45.4 Å². The monoisotopic (exact) mass is 381 g/mol. The number of benzene rings is 1. The Morgan fingerprint density at radius 3 is 2.63 bits per heavy atom. The highest BCUT2D eigenvalue weighted by Crippen LogP contribution is 2.30. The van der Waals surface area contributed by atoms with Crippen molar-refractivity contribution in [2.24, 2.45) is 0 Å². The summed E-state index contributed by atoms with van der Waals surface area (Å²) < 4.78 is 7.22. The van der Waals surface area contributed by atoms with E-state index >= 15 is 0 Å². The molecule has 0 amide bonds. The van der Waals surface area contributed by atoms with Crippen molar-refractivity contribution < 1.29 is 4.52 Å². The number of nitrogens with zero attached hydrogens (tertiary/aromatic N) is 5. The molecule has 0 N–H and O–H groups in total. The summed E-state index contributed by atoms with van der Waals surface area (Å²) in [6, 6.07) is 5.68. The highest BCUT2D eigenvalue weighted by Gasteiger charge is 2.17. The van der Waals surface area contributed by atoms with Crippen LogP contribution in [0.5, 0.6) is 0 Å². The Labute approximate surface area is 159 Å². The lowest BCUT2D eigenvalue weighted by Crippen LogP contribution is -2.24. The van der Waals surface area contributed by atoms with Crippen LogP contribution in [0.1, 0.15) is 29.7 Å². The molecule has 1 aromatic carbocycles. The molecule has 0 aliphatic heterocycles. The van der Waals surface area contributed by atoms with Gasteiger partial charge in [-0.1, -0.05) is 12.1 Å². The van der Waals surface area contributed by atoms with E-state index in [1.165, 1.54) is 11.3 Å². The van der Waals surface area contributed by atoms with Gasteiger partial charge in [0.25, 0.3) is 11.4 Å². The molecule has 27 heavy (non-hydrogen) atoms. The normalized spacial score (nSPS) is 11.4. The van der Waals surface area contributed by atoms with Crippen LogP contribution in [-0.2, 0) is 6.54 Å². The largest absolute Gasteiger partial charge is 0.333 e. The van der Waals surface area contributed by atoms with Crippen LogP contribution >= 0.6 is 11.3 Å². The number of hydrogen-bond acceptors (Lipinski definition) is 7. The van der Waals surface area contributed by atoms with Crippen LogP contribution < -0.4 is 5.56 Å². The lowest BCUT2D eigenvalue weighted by Gasteiger charge is -2.10. The number of aryl methyl sites for hydroxylation is 4. The summed E-state index contributed by atoms with van der Waals surface area (Å²) in [7, 11) is 0.